The fourth-order valence-electron chi connectivity index (χ4n) is 2.67. The Hall–Kier alpha value is -1.40. The molecule has 2 N–H and O–H groups in total. The van der Waals surface area contributed by atoms with E-state index in [0.717, 1.165) is 31.1 Å². The van der Waals surface area contributed by atoms with Crippen LogP contribution in [0.25, 0.3) is 0 Å². The molecule has 3 rings (SSSR count). The lowest BCUT2D eigenvalue weighted by molar-refractivity contribution is 0.654. The third-order valence-corrected chi connectivity index (χ3v) is 5.66. The number of benzene rings is 1. The Balaban J connectivity index is 1.70. The summed E-state index contributed by atoms with van der Waals surface area (Å²) in [5, 5.41) is 1.23. The quantitative estimate of drug-likeness (QED) is 0.881. The molecule has 0 radical (unpaired) electrons. The van der Waals surface area contributed by atoms with Gasteiger partial charge in [-0.1, -0.05) is 12.1 Å². The molecule has 6 heteroatoms. The SMILES string of the molecule is CSc1c(N)nsc1N1CCN(c2cccc(C)c2)CC1. The highest BCUT2D eigenvalue weighted by atomic mass is 32.2. The van der Waals surface area contributed by atoms with Crippen molar-refractivity contribution < 1.29 is 0 Å². The van der Waals surface area contributed by atoms with E-state index in [0.29, 0.717) is 5.82 Å². The summed E-state index contributed by atoms with van der Waals surface area (Å²) in [5.74, 6) is 0.670. The summed E-state index contributed by atoms with van der Waals surface area (Å²) in [7, 11) is 0. The first kappa shape index (κ1) is 14.5. The number of aromatic nitrogens is 1. The smallest absolute Gasteiger partial charge is 0.153 e. The van der Waals surface area contributed by atoms with Gasteiger partial charge in [-0.15, -0.1) is 11.8 Å². The number of hydrogen-bond donors (Lipinski definition) is 1. The Morgan fingerprint density at radius 1 is 1.19 bits per heavy atom. The van der Waals surface area contributed by atoms with Crippen molar-refractivity contribution in [3.8, 4) is 0 Å². The van der Waals surface area contributed by atoms with Gasteiger partial charge in [0.15, 0.2) is 5.82 Å². The Kier molecular flexibility index (Phi) is 4.26. The summed E-state index contributed by atoms with van der Waals surface area (Å²) in [5.41, 5.74) is 8.57. The molecule has 0 aliphatic carbocycles. The maximum Gasteiger partial charge on any atom is 0.153 e. The fraction of sp³-hybridized carbons (Fsp3) is 0.400. The van der Waals surface area contributed by atoms with Crippen molar-refractivity contribution in [2.45, 2.75) is 11.8 Å². The van der Waals surface area contributed by atoms with Crippen molar-refractivity contribution in [2.75, 3.05) is 48.0 Å². The zero-order valence-corrected chi connectivity index (χ0v) is 14.0. The summed E-state index contributed by atoms with van der Waals surface area (Å²) in [4.78, 5) is 5.99. The van der Waals surface area contributed by atoms with E-state index >= 15 is 0 Å². The van der Waals surface area contributed by atoms with E-state index in [9.17, 15) is 0 Å². The van der Waals surface area contributed by atoms with Crippen LogP contribution in [0.3, 0.4) is 0 Å². The molecule has 0 spiro atoms. The molecule has 1 aliphatic rings. The fourth-order valence-corrected chi connectivity index (χ4v) is 4.41. The Bertz CT molecular complexity index is 618. The molecule has 0 saturated carbocycles. The van der Waals surface area contributed by atoms with Crippen LogP contribution in [0.2, 0.25) is 0 Å². The van der Waals surface area contributed by atoms with Gasteiger partial charge in [0.25, 0.3) is 0 Å². The van der Waals surface area contributed by atoms with Crippen molar-refractivity contribution >= 4 is 39.8 Å². The number of anilines is 3. The van der Waals surface area contributed by atoms with Gasteiger partial charge in [0.05, 0.1) is 4.90 Å². The van der Waals surface area contributed by atoms with Gasteiger partial charge in [-0.2, -0.15) is 4.37 Å². The number of hydrogen-bond acceptors (Lipinski definition) is 6. The maximum absolute atomic E-state index is 5.93. The zero-order chi connectivity index (χ0) is 14.8. The van der Waals surface area contributed by atoms with E-state index in [1.807, 2.05) is 0 Å². The second kappa shape index (κ2) is 6.15. The maximum atomic E-state index is 5.93. The first-order chi connectivity index (χ1) is 10.2. The second-order valence-corrected chi connectivity index (χ2v) is 6.79. The minimum atomic E-state index is 0.670. The van der Waals surface area contributed by atoms with Gasteiger partial charge in [-0.05, 0) is 42.4 Å². The average Bonchev–Trinajstić information content (AvgIpc) is 2.88. The normalized spacial score (nSPS) is 15.5. The number of nitrogens with two attached hydrogens (primary N) is 1. The highest BCUT2D eigenvalue weighted by Crippen LogP contribution is 2.38. The predicted molar refractivity (Wildman–Crippen MR) is 93.9 cm³/mol. The van der Waals surface area contributed by atoms with E-state index in [2.05, 4.69) is 51.6 Å². The molecular weight excluding hydrogens is 300 g/mol. The summed E-state index contributed by atoms with van der Waals surface area (Å²) in [6.07, 6.45) is 2.06. The second-order valence-electron chi connectivity index (χ2n) is 5.22. The van der Waals surface area contributed by atoms with Crippen LogP contribution in [0.5, 0.6) is 0 Å². The monoisotopic (exact) mass is 320 g/mol. The van der Waals surface area contributed by atoms with Crippen LogP contribution in [0.15, 0.2) is 29.2 Å². The molecule has 2 heterocycles. The average molecular weight is 320 g/mol. The number of piperazine rings is 1. The number of rotatable bonds is 3. The number of thioether (sulfide) groups is 1. The molecule has 1 aromatic heterocycles. The lowest BCUT2D eigenvalue weighted by Crippen LogP contribution is -2.46. The molecule has 1 saturated heterocycles. The van der Waals surface area contributed by atoms with Crippen molar-refractivity contribution in [1.82, 2.24) is 4.37 Å². The number of nitrogens with zero attached hydrogens (tertiary/aromatic N) is 3. The van der Waals surface area contributed by atoms with Gasteiger partial charge in [-0.3, -0.25) is 0 Å². The number of nitrogen functional groups attached to an aromatic ring is 1. The first-order valence-corrected chi connectivity index (χ1v) is 9.04. The van der Waals surface area contributed by atoms with Crippen molar-refractivity contribution in [1.29, 1.82) is 0 Å². The minimum absolute atomic E-state index is 0.670. The molecule has 0 bridgehead atoms. The molecule has 1 aliphatic heterocycles. The highest BCUT2D eigenvalue weighted by Gasteiger charge is 2.22. The van der Waals surface area contributed by atoms with Crippen molar-refractivity contribution in [3.05, 3.63) is 29.8 Å². The molecule has 2 aromatic rings. The van der Waals surface area contributed by atoms with Gasteiger partial charge >= 0.3 is 0 Å². The first-order valence-electron chi connectivity index (χ1n) is 7.04. The minimum Gasteiger partial charge on any atom is -0.382 e. The summed E-state index contributed by atoms with van der Waals surface area (Å²) in [6.45, 7) is 6.25. The standard InChI is InChI=1S/C15H20N4S2/c1-11-4-3-5-12(10-11)18-6-8-19(9-7-18)15-13(20-2)14(16)17-21-15/h3-5,10H,6-9H2,1-2H3,(H2,16,17). The van der Waals surface area contributed by atoms with E-state index in [1.54, 1.807) is 11.8 Å². The summed E-state index contributed by atoms with van der Waals surface area (Å²) in [6, 6.07) is 8.73. The third-order valence-electron chi connectivity index (χ3n) is 3.80. The topological polar surface area (TPSA) is 45.4 Å². The lowest BCUT2D eigenvalue weighted by Gasteiger charge is -2.36. The molecule has 0 atom stereocenters. The molecule has 1 aromatic carbocycles. The predicted octanol–water partition coefficient (Wildman–Crippen LogP) is 3.08. The summed E-state index contributed by atoms with van der Waals surface area (Å²) < 4.78 is 4.29. The van der Waals surface area contributed by atoms with Crippen molar-refractivity contribution in [2.24, 2.45) is 0 Å². The van der Waals surface area contributed by atoms with Crippen LogP contribution in [0.4, 0.5) is 16.5 Å². The van der Waals surface area contributed by atoms with Crippen LogP contribution in [0, 0.1) is 6.92 Å². The zero-order valence-electron chi connectivity index (χ0n) is 12.4. The van der Waals surface area contributed by atoms with Crippen LogP contribution in [-0.2, 0) is 0 Å². The highest BCUT2D eigenvalue weighted by molar-refractivity contribution is 7.99. The number of aryl methyl sites for hydroxylation is 1. The molecule has 21 heavy (non-hydrogen) atoms. The summed E-state index contributed by atoms with van der Waals surface area (Å²) >= 11 is 3.21. The van der Waals surface area contributed by atoms with Gasteiger partial charge in [-0.25, -0.2) is 0 Å². The van der Waals surface area contributed by atoms with Gasteiger partial charge in [0, 0.05) is 31.9 Å². The van der Waals surface area contributed by atoms with Gasteiger partial charge in [0.1, 0.15) is 5.00 Å². The Morgan fingerprint density at radius 3 is 2.57 bits per heavy atom. The Labute approximate surface area is 134 Å². The van der Waals surface area contributed by atoms with Crippen LogP contribution in [0.1, 0.15) is 5.56 Å². The molecule has 4 nitrogen and oxygen atoms in total. The Morgan fingerprint density at radius 2 is 1.90 bits per heavy atom. The van der Waals surface area contributed by atoms with Crippen LogP contribution < -0.4 is 15.5 Å². The van der Waals surface area contributed by atoms with Crippen molar-refractivity contribution in [3.63, 3.8) is 0 Å². The van der Waals surface area contributed by atoms with E-state index in [1.165, 1.54) is 27.8 Å². The molecule has 1 fully saturated rings. The van der Waals surface area contributed by atoms with Crippen LogP contribution >= 0.6 is 23.3 Å². The van der Waals surface area contributed by atoms with E-state index in [-0.39, 0.29) is 0 Å². The molecule has 112 valence electrons. The van der Waals surface area contributed by atoms with Gasteiger partial charge in [0.2, 0.25) is 0 Å². The molecule has 0 amide bonds. The lowest BCUT2D eigenvalue weighted by atomic mass is 10.2. The van der Waals surface area contributed by atoms with Gasteiger partial charge < -0.3 is 15.5 Å². The molecular formula is C15H20N4S2. The van der Waals surface area contributed by atoms with E-state index < -0.39 is 0 Å². The third kappa shape index (κ3) is 2.96. The largest absolute Gasteiger partial charge is 0.382 e. The molecule has 0 unspecified atom stereocenters. The van der Waals surface area contributed by atoms with Crippen LogP contribution in [-0.4, -0.2) is 36.8 Å². The van der Waals surface area contributed by atoms with E-state index in [4.69, 9.17) is 5.73 Å².